The maximum absolute atomic E-state index is 13.9. The van der Waals surface area contributed by atoms with Crippen LogP contribution in [-0.4, -0.2) is 66.1 Å². The van der Waals surface area contributed by atoms with Gasteiger partial charge in [0.05, 0.1) is 5.52 Å². The van der Waals surface area contributed by atoms with Gasteiger partial charge in [-0.15, -0.1) is 0 Å². The monoisotopic (exact) mass is 514 g/mol. The molecule has 3 aliphatic heterocycles. The van der Waals surface area contributed by atoms with Crippen molar-refractivity contribution in [2.75, 3.05) is 44.4 Å². The maximum Gasteiger partial charge on any atom is 0.254 e. The van der Waals surface area contributed by atoms with Gasteiger partial charge >= 0.3 is 0 Å². The van der Waals surface area contributed by atoms with Crippen molar-refractivity contribution >= 4 is 28.5 Å². The minimum Gasteiger partial charge on any atom is -0.454 e. The average Bonchev–Trinajstić information content (AvgIpc) is 3.69. The molecule has 0 bridgehead atoms. The van der Waals surface area contributed by atoms with Crippen LogP contribution in [0.3, 0.4) is 0 Å². The smallest absolute Gasteiger partial charge is 0.254 e. The van der Waals surface area contributed by atoms with Gasteiger partial charge in [-0.25, -0.2) is 4.98 Å². The van der Waals surface area contributed by atoms with Gasteiger partial charge in [0, 0.05) is 62.2 Å². The van der Waals surface area contributed by atoms with E-state index >= 15 is 0 Å². The number of likely N-dealkylation sites (tertiary alicyclic amines) is 1. The molecule has 0 saturated carbocycles. The Balaban J connectivity index is 1.31. The van der Waals surface area contributed by atoms with Crippen molar-refractivity contribution in [2.45, 2.75) is 45.6 Å². The number of ether oxygens (including phenoxy) is 2. The second-order valence-corrected chi connectivity index (χ2v) is 10.5. The number of carbonyl (C=O) groups excluding carboxylic acids is 2. The number of pyridine rings is 1. The number of carbonyl (C=O) groups is 2. The Kier molecular flexibility index (Phi) is 6.79. The third-order valence-corrected chi connectivity index (χ3v) is 7.73. The van der Waals surface area contributed by atoms with E-state index in [0.717, 1.165) is 67.6 Å². The summed E-state index contributed by atoms with van der Waals surface area (Å²) in [5.41, 5.74) is 3.78. The topological polar surface area (TPSA) is 75.2 Å². The highest BCUT2D eigenvalue weighted by molar-refractivity contribution is 5.95. The number of hydrogen-bond donors (Lipinski definition) is 0. The van der Waals surface area contributed by atoms with Gasteiger partial charge in [0.1, 0.15) is 5.82 Å². The van der Waals surface area contributed by atoms with Gasteiger partial charge in [0.25, 0.3) is 5.91 Å². The lowest BCUT2D eigenvalue weighted by atomic mass is 10.1. The number of benzene rings is 2. The van der Waals surface area contributed by atoms with Crippen molar-refractivity contribution in [3.8, 4) is 11.5 Å². The fourth-order valence-electron chi connectivity index (χ4n) is 5.71. The van der Waals surface area contributed by atoms with Crippen molar-refractivity contribution < 1.29 is 19.1 Å². The van der Waals surface area contributed by atoms with Crippen molar-refractivity contribution in [3.05, 3.63) is 59.2 Å². The minimum absolute atomic E-state index is 0.0623. The lowest BCUT2D eigenvalue weighted by Gasteiger charge is -2.27. The van der Waals surface area contributed by atoms with Gasteiger partial charge in [-0.05, 0) is 69.0 Å². The van der Waals surface area contributed by atoms with Gasteiger partial charge in [0.15, 0.2) is 11.5 Å². The Labute approximate surface area is 223 Å². The number of amides is 2. The van der Waals surface area contributed by atoms with E-state index in [-0.39, 0.29) is 18.6 Å². The van der Waals surface area contributed by atoms with Gasteiger partial charge in [-0.2, -0.15) is 0 Å². The highest BCUT2D eigenvalue weighted by atomic mass is 16.7. The Morgan fingerprint density at radius 2 is 1.84 bits per heavy atom. The first-order valence-corrected chi connectivity index (χ1v) is 13.7. The normalized spacial score (nSPS) is 16.6. The molecule has 0 radical (unpaired) electrons. The highest BCUT2D eigenvalue weighted by Gasteiger charge is 2.25. The second-order valence-electron chi connectivity index (χ2n) is 10.5. The number of aryl methyl sites for hydroxylation is 1. The van der Waals surface area contributed by atoms with E-state index in [4.69, 9.17) is 14.5 Å². The first-order valence-electron chi connectivity index (χ1n) is 13.7. The minimum atomic E-state index is -0.0623. The quantitative estimate of drug-likeness (QED) is 0.440. The predicted octanol–water partition coefficient (Wildman–Crippen LogP) is 4.53. The molecule has 2 aromatic carbocycles. The Morgan fingerprint density at radius 1 is 1.00 bits per heavy atom. The summed E-state index contributed by atoms with van der Waals surface area (Å²) in [5.74, 6) is 2.37. The molecule has 1 aromatic heterocycles. The molecule has 0 aliphatic carbocycles. The summed E-state index contributed by atoms with van der Waals surface area (Å²) in [6.07, 6.45) is 4.57. The van der Waals surface area contributed by atoms with Gasteiger partial charge < -0.3 is 24.2 Å². The number of fused-ring (bicyclic) bond motifs is 2. The number of anilines is 1. The zero-order valence-electron chi connectivity index (χ0n) is 21.9. The maximum atomic E-state index is 13.9. The molecule has 6 rings (SSSR count). The molecule has 4 heterocycles. The van der Waals surface area contributed by atoms with Crippen LogP contribution in [0.5, 0.6) is 11.5 Å². The lowest BCUT2D eigenvalue weighted by Crippen LogP contribution is -2.35. The zero-order valence-corrected chi connectivity index (χ0v) is 21.9. The molecule has 3 aromatic rings. The molecule has 2 fully saturated rings. The first-order chi connectivity index (χ1) is 18.5. The molecule has 0 unspecified atom stereocenters. The van der Waals surface area contributed by atoms with Crippen LogP contribution in [0.2, 0.25) is 0 Å². The van der Waals surface area contributed by atoms with E-state index in [0.29, 0.717) is 43.1 Å². The van der Waals surface area contributed by atoms with Gasteiger partial charge in [-0.1, -0.05) is 11.6 Å². The summed E-state index contributed by atoms with van der Waals surface area (Å²) in [4.78, 5) is 37.3. The van der Waals surface area contributed by atoms with Crippen LogP contribution in [-0.2, 0) is 11.3 Å². The van der Waals surface area contributed by atoms with Gasteiger partial charge in [-0.3, -0.25) is 9.59 Å². The molecule has 198 valence electrons. The summed E-state index contributed by atoms with van der Waals surface area (Å²) in [6.45, 7) is 6.67. The SMILES string of the molecule is Cc1ccc2nc(N3CCCC3)c(CN(CCCN3CCCC3=O)C(=O)c3ccc4c(c3)OCO4)cc2c1. The largest absolute Gasteiger partial charge is 0.454 e. The van der Waals surface area contributed by atoms with Crippen molar-refractivity contribution in [1.82, 2.24) is 14.8 Å². The van der Waals surface area contributed by atoms with Crippen LogP contribution >= 0.6 is 0 Å². The predicted molar refractivity (Wildman–Crippen MR) is 146 cm³/mol. The number of aromatic nitrogens is 1. The van der Waals surface area contributed by atoms with E-state index in [2.05, 4.69) is 36.1 Å². The van der Waals surface area contributed by atoms with Crippen LogP contribution < -0.4 is 14.4 Å². The van der Waals surface area contributed by atoms with Crippen molar-refractivity contribution in [1.29, 1.82) is 0 Å². The van der Waals surface area contributed by atoms with Crippen molar-refractivity contribution in [3.63, 3.8) is 0 Å². The molecule has 38 heavy (non-hydrogen) atoms. The fourth-order valence-corrected chi connectivity index (χ4v) is 5.71. The Morgan fingerprint density at radius 3 is 2.66 bits per heavy atom. The molecule has 2 saturated heterocycles. The molecule has 2 amide bonds. The third kappa shape index (κ3) is 4.99. The van der Waals surface area contributed by atoms with Crippen molar-refractivity contribution in [2.24, 2.45) is 0 Å². The highest BCUT2D eigenvalue weighted by Crippen LogP contribution is 2.34. The molecule has 0 N–H and O–H groups in total. The van der Waals surface area contributed by atoms with Gasteiger partial charge in [0.2, 0.25) is 12.7 Å². The van der Waals surface area contributed by atoms with Crippen LogP contribution in [0.15, 0.2) is 42.5 Å². The molecule has 0 atom stereocenters. The van der Waals surface area contributed by atoms with E-state index < -0.39 is 0 Å². The van der Waals surface area contributed by atoms with Crippen LogP contribution in [0.25, 0.3) is 10.9 Å². The number of nitrogens with zero attached hydrogens (tertiary/aromatic N) is 4. The van der Waals surface area contributed by atoms with E-state index in [9.17, 15) is 9.59 Å². The first kappa shape index (κ1) is 24.5. The van der Waals surface area contributed by atoms with E-state index in [1.165, 1.54) is 5.56 Å². The number of hydrogen-bond acceptors (Lipinski definition) is 6. The summed E-state index contributed by atoms with van der Waals surface area (Å²) < 4.78 is 11.0. The van der Waals surface area contributed by atoms with Crippen LogP contribution in [0.4, 0.5) is 5.82 Å². The Bertz CT molecular complexity index is 1370. The van der Waals surface area contributed by atoms with E-state index in [1.54, 1.807) is 18.2 Å². The second kappa shape index (κ2) is 10.5. The number of rotatable bonds is 8. The zero-order chi connectivity index (χ0) is 26.1. The molecule has 8 heteroatoms. The Hall–Kier alpha value is -3.81. The molecule has 3 aliphatic rings. The third-order valence-electron chi connectivity index (χ3n) is 7.73. The van der Waals surface area contributed by atoms with Crippen LogP contribution in [0, 0.1) is 6.92 Å². The standard InChI is InChI=1S/C30H34N4O4/c1-21-7-9-25-23(16-21)17-24(29(31-25)33-11-2-3-12-33)19-34(15-5-14-32-13-4-6-28(32)35)30(36)22-8-10-26-27(18-22)38-20-37-26/h7-10,16-18H,2-6,11-15,19-20H2,1H3. The fraction of sp³-hybridized carbons (Fsp3) is 0.433. The summed E-state index contributed by atoms with van der Waals surface area (Å²) in [6, 6.07) is 13.9. The average molecular weight is 515 g/mol. The van der Waals surface area contributed by atoms with Crippen LogP contribution in [0.1, 0.15) is 53.6 Å². The summed E-state index contributed by atoms with van der Waals surface area (Å²) in [5, 5.41) is 1.08. The lowest BCUT2D eigenvalue weighted by molar-refractivity contribution is -0.127. The molecule has 0 spiro atoms. The summed E-state index contributed by atoms with van der Waals surface area (Å²) in [7, 11) is 0. The summed E-state index contributed by atoms with van der Waals surface area (Å²) >= 11 is 0. The molecule has 8 nitrogen and oxygen atoms in total. The molecular weight excluding hydrogens is 480 g/mol. The van der Waals surface area contributed by atoms with E-state index in [1.807, 2.05) is 9.80 Å². The molecular formula is C30H34N4O4.